The van der Waals surface area contributed by atoms with Gasteiger partial charge in [0.15, 0.2) is 0 Å². The second kappa shape index (κ2) is 5.36. The van der Waals surface area contributed by atoms with Gasteiger partial charge in [-0.25, -0.2) is 4.99 Å². The lowest BCUT2D eigenvalue weighted by molar-refractivity contribution is 0.0792. The number of likely N-dealkylation sites (tertiary alicyclic amines) is 1. The molecule has 2 fully saturated rings. The number of allylic oxidation sites excluding steroid dienone is 3. The van der Waals surface area contributed by atoms with Crippen LogP contribution < -0.4 is 5.32 Å². The highest BCUT2D eigenvalue weighted by Crippen LogP contribution is 2.37. The summed E-state index contributed by atoms with van der Waals surface area (Å²) in [7, 11) is 0. The van der Waals surface area contributed by atoms with Crippen LogP contribution in [0.3, 0.4) is 0 Å². The summed E-state index contributed by atoms with van der Waals surface area (Å²) in [5.41, 5.74) is 4.46. The molecule has 3 heteroatoms. The number of aliphatic imine (C=N–C) groups is 1. The molecule has 2 heterocycles. The van der Waals surface area contributed by atoms with Gasteiger partial charge in [-0.15, -0.1) is 0 Å². The summed E-state index contributed by atoms with van der Waals surface area (Å²) in [5.74, 6) is 1.21. The molecule has 0 aromatic rings. The molecule has 1 N–H and O–H groups in total. The Kier molecular flexibility index (Phi) is 3.72. The highest BCUT2D eigenvalue weighted by atomic mass is 15.3. The predicted octanol–water partition coefficient (Wildman–Crippen LogP) is 3.10. The number of amidine groups is 1. The lowest BCUT2D eigenvalue weighted by Crippen LogP contribution is -2.58. The van der Waals surface area contributed by atoms with Crippen molar-refractivity contribution in [1.29, 1.82) is 0 Å². The molecular formula is C17H27N3. The molecule has 20 heavy (non-hydrogen) atoms. The van der Waals surface area contributed by atoms with Gasteiger partial charge in [0.1, 0.15) is 5.84 Å². The van der Waals surface area contributed by atoms with Crippen molar-refractivity contribution in [3.05, 3.63) is 23.4 Å². The van der Waals surface area contributed by atoms with E-state index >= 15 is 0 Å². The van der Waals surface area contributed by atoms with Gasteiger partial charge in [-0.2, -0.15) is 0 Å². The van der Waals surface area contributed by atoms with Crippen LogP contribution in [0, 0.1) is 5.41 Å². The van der Waals surface area contributed by atoms with E-state index in [1.165, 1.54) is 68.1 Å². The minimum Gasteiger partial charge on any atom is -0.359 e. The summed E-state index contributed by atoms with van der Waals surface area (Å²) in [6, 6.07) is 0. The Bertz CT molecular complexity index is 459. The summed E-state index contributed by atoms with van der Waals surface area (Å²) < 4.78 is 0. The fourth-order valence-corrected chi connectivity index (χ4v) is 3.80. The topological polar surface area (TPSA) is 27.6 Å². The molecule has 0 atom stereocenters. The van der Waals surface area contributed by atoms with Crippen LogP contribution in [-0.4, -0.2) is 36.9 Å². The molecule has 0 aromatic heterocycles. The molecule has 0 radical (unpaired) electrons. The fraction of sp³-hybridized carbons (Fsp3) is 0.706. The predicted molar refractivity (Wildman–Crippen MR) is 84.9 cm³/mol. The highest BCUT2D eigenvalue weighted by molar-refractivity contribution is 5.82. The van der Waals surface area contributed by atoms with Gasteiger partial charge in [0.25, 0.3) is 0 Å². The fourth-order valence-electron chi connectivity index (χ4n) is 3.80. The third-order valence-corrected chi connectivity index (χ3v) is 5.09. The van der Waals surface area contributed by atoms with Crippen molar-refractivity contribution in [3.63, 3.8) is 0 Å². The van der Waals surface area contributed by atoms with E-state index in [1.54, 1.807) is 0 Å². The standard InChI is InChI=1S/C17H27N3/c1-13(2)15-6-4-5-7-16(15)19-14(3)20-11-17(12-20)8-9-18-10-17/h18H,1,4-12H2,2-3H3/b19-14+. The van der Waals surface area contributed by atoms with Gasteiger partial charge in [-0.1, -0.05) is 12.2 Å². The Morgan fingerprint density at radius 2 is 2.00 bits per heavy atom. The number of nitrogens with one attached hydrogen (secondary N) is 1. The molecule has 3 aliphatic rings. The average Bonchev–Trinajstić information content (AvgIpc) is 2.86. The largest absolute Gasteiger partial charge is 0.359 e. The van der Waals surface area contributed by atoms with Crippen LogP contribution >= 0.6 is 0 Å². The smallest absolute Gasteiger partial charge is 0.101 e. The maximum Gasteiger partial charge on any atom is 0.101 e. The highest BCUT2D eigenvalue weighted by Gasteiger charge is 2.45. The lowest BCUT2D eigenvalue weighted by atomic mass is 9.79. The number of hydrogen-bond donors (Lipinski definition) is 1. The van der Waals surface area contributed by atoms with Crippen molar-refractivity contribution in [2.75, 3.05) is 26.2 Å². The minimum absolute atomic E-state index is 0.551. The van der Waals surface area contributed by atoms with Gasteiger partial charge in [-0.3, -0.25) is 0 Å². The normalized spacial score (nSPS) is 26.1. The van der Waals surface area contributed by atoms with Crippen LogP contribution in [0.15, 0.2) is 28.4 Å². The zero-order valence-corrected chi connectivity index (χ0v) is 13.0. The molecule has 2 aliphatic heterocycles. The SMILES string of the molecule is C=C(C)C1=C(/N=C(\C)N2CC3(CCNC3)C2)CCCC1. The van der Waals surface area contributed by atoms with Crippen molar-refractivity contribution < 1.29 is 0 Å². The van der Waals surface area contributed by atoms with Gasteiger partial charge < -0.3 is 10.2 Å². The molecule has 1 aliphatic carbocycles. The van der Waals surface area contributed by atoms with Crippen LogP contribution in [-0.2, 0) is 0 Å². The molecule has 1 spiro atoms. The van der Waals surface area contributed by atoms with E-state index in [0.29, 0.717) is 5.41 Å². The molecule has 3 nitrogen and oxygen atoms in total. The van der Waals surface area contributed by atoms with Crippen LogP contribution in [0.5, 0.6) is 0 Å². The summed E-state index contributed by atoms with van der Waals surface area (Å²) in [6.45, 7) is 13.2. The number of hydrogen-bond acceptors (Lipinski definition) is 2. The lowest BCUT2D eigenvalue weighted by Gasteiger charge is -2.49. The van der Waals surface area contributed by atoms with Crippen LogP contribution in [0.2, 0.25) is 0 Å². The van der Waals surface area contributed by atoms with Gasteiger partial charge in [0.05, 0.1) is 0 Å². The monoisotopic (exact) mass is 273 g/mol. The molecule has 110 valence electrons. The molecule has 0 bridgehead atoms. The second-order valence-corrected chi connectivity index (χ2v) is 6.85. The van der Waals surface area contributed by atoms with Crippen molar-refractivity contribution >= 4 is 5.84 Å². The first-order valence-electron chi connectivity index (χ1n) is 7.99. The van der Waals surface area contributed by atoms with Crippen LogP contribution in [0.25, 0.3) is 0 Å². The Balaban J connectivity index is 1.70. The summed E-state index contributed by atoms with van der Waals surface area (Å²) >= 11 is 0. The third kappa shape index (κ3) is 2.56. The van der Waals surface area contributed by atoms with Gasteiger partial charge in [0, 0.05) is 30.7 Å². The van der Waals surface area contributed by atoms with E-state index in [1.807, 2.05) is 0 Å². The number of rotatable bonds is 2. The van der Waals surface area contributed by atoms with E-state index in [0.717, 1.165) is 12.8 Å². The Hall–Kier alpha value is -1.09. The van der Waals surface area contributed by atoms with E-state index in [-0.39, 0.29) is 0 Å². The molecule has 0 unspecified atom stereocenters. The van der Waals surface area contributed by atoms with Crippen LogP contribution in [0.1, 0.15) is 46.0 Å². The van der Waals surface area contributed by atoms with E-state index in [9.17, 15) is 0 Å². The average molecular weight is 273 g/mol. The first-order chi connectivity index (χ1) is 9.60. The maximum atomic E-state index is 4.96. The molecular weight excluding hydrogens is 246 g/mol. The van der Waals surface area contributed by atoms with Crippen molar-refractivity contribution in [2.24, 2.45) is 10.4 Å². The van der Waals surface area contributed by atoms with Crippen molar-refractivity contribution in [3.8, 4) is 0 Å². The maximum absolute atomic E-state index is 4.96. The van der Waals surface area contributed by atoms with Crippen molar-refractivity contribution in [1.82, 2.24) is 10.2 Å². The van der Waals surface area contributed by atoms with Gasteiger partial charge in [0.2, 0.25) is 0 Å². The van der Waals surface area contributed by atoms with Gasteiger partial charge in [-0.05, 0) is 58.1 Å². The third-order valence-electron chi connectivity index (χ3n) is 5.09. The zero-order chi connectivity index (χ0) is 14.2. The number of nitrogens with zero attached hydrogens (tertiary/aromatic N) is 2. The summed E-state index contributed by atoms with van der Waals surface area (Å²) in [6.07, 6.45) is 6.18. The molecule has 0 amide bonds. The van der Waals surface area contributed by atoms with E-state index in [2.05, 4.69) is 30.6 Å². The Morgan fingerprint density at radius 3 is 2.65 bits per heavy atom. The minimum atomic E-state index is 0.551. The molecule has 3 rings (SSSR count). The quantitative estimate of drug-likeness (QED) is 0.618. The molecule has 2 saturated heterocycles. The van der Waals surface area contributed by atoms with Gasteiger partial charge >= 0.3 is 0 Å². The Labute approximate surface area is 122 Å². The summed E-state index contributed by atoms with van der Waals surface area (Å²) in [5, 5.41) is 3.49. The zero-order valence-electron chi connectivity index (χ0n) is 13.0. The van der Waals surface area contributed by atoms with E-state index < -0.39 is 0 Å². The second-order valence-electron chi connectivity index (χ2n) is 6.85. The van der Waals surface area contributed by atoms with Crippen LogP contribution in [0.4, 0.5) is 0 Å². The van der Waals surface area contributed by atoms with E-state index in [4.69, 9.17) is 4.99 Å². The van der Waals surface area contributed by atoms with Crippen molar-refractivity contribution in [2.45, 2.75) is 46.0 Å². The Morgan fingerprint density at radius 1 is 1.25 bits per heavy atom. The summed E-state index contributed by atoms with van der Waals surface area (Å²) in [4.78, 5) is 7.41. The first-order valence-corrected chi connectivity index (χ1v) is 7.99. The molecule has 0 saturated carbocycles. The molecule has 0 aromatic carbocycles. The first kappa shape index (κ1) is 13.9.